The first-order chi connectivity index (χ1) is 13.0. The minimum atomic E-state index is -3.56. The van der Waals surface area contributed by atoms with Crippen LogP contribution in [0.25, 0.3) is 10.4 Å². The molecule has 1 N–H and O–H groups in total. The number of rotatable bonds is 6. The van der Waals surface area contributed by atoms with E-state index in [0.717, 1.165) is 34.7 Å². The van der Waals surface area contributed by atoms with Crippen molar-refractivity contribution in [1.82, 2.24) is 14.5 Å². The number of nitrogens with zero attached hydrogens (tertiary/aromatic N) is 2. The summed E-state index contributed by atoms with van der Waals surface area (Å²) in [5.74, 6) is 0.776. The Morgan fingerprint density at radius 3 is 2.93 bits per heavy atom. The van der Waals surface area contributed by atoms with Crippen LogP contribution in [0.3, 0.4) is 0 Å². The SMILES string of the molecule is Cc1nn(CCNS(=O)(=O)c2ccc3c(c2)CCO3)c(C)c1-c1cccs1. The Hall–Kier alpha value is -2.16. The zero-order chi connectivity index (χ0) is 19.0. The van der Waals surface area contributed by atoms with Gasteiger partial charge in [0.25, 0.3) is 0 Å². The van der Waals surface area contributed by atoms with Gasteiger partial charge in [0.1, 0.15) is 5.75 Å². The molecule has 1 aliphatic rings. The third-order valence-corrected chi connectivity index (χ3v) is 7.08. The largest absolute Gasteiger partial charge is 0.493 e. The number of benzene rings is 1. The first-order valence-electron chi connectivity index (χ1n) is 8.79. The van der Waals surface area contributed by atoms with E-state index in [-0.39, 0.29) is 11.4 Å². The van der Waals surface area contributed by atoms with Gasteiger partial charge in [-0.15, -0.1) is 11.3 Å². The molecule has 8 heteroatoms. The molecular weight excluding hydrogens is 382 g/mol. The lowest BCUT2D eigenvalue weighted by Crippen LogP contribution is -2.28. The molecule has 0 aliphatic carbocycles. The Morgan fingerprint density at radius 2 is 2.15 bits per heavy atom. The van der Waals surface area contributed by atoms with E-state index >= 15 is 0 Å². The van der Waals surface area contributed by atoms with E-state index in [1.165, 1.54) is 4.88 Å². The highest BCUT2D eigenvalue weighted by Crippen LogP contribution is 2.30. The van der Waals surface area contributed by atoms with E-state index in [2.05, 4.69) is 15.9 Å². The van der Waals surface area contributed by atoms with Gasteiger partial charge in [0.15, 0.2) is 0 Å². The van der Waals surface area contributed by atoms with Crippen molar-refractivity contribution in [2.45, 2.75) is 31.7 Å². The minimum absolute atomic E-state index is 0.277. The van der Waals surface area contributed by atoms with Crippen molar-refractivity contribution in [2.24, 2.45) is 0 Å². The molecule has 1 aliphatic heterocycles. The standard InChI is InChI=1S/C19H21N3O3S2/c1-13-19(18-4-3-11-26-18)14(2)22(21-13)9-8-20-27(23,24)16-5-6-17-15(12-16)7-10-25-17/h3-6,11-12,20H,7-10H2,1-2H3. The second-order valence-electron chi connectivity index (χ2n) is 6.51. The molecule has 6 nitrogen and oxygen atoms in total. The maximum Gasteiger partial charge on any atom is 0.240 e. The Bertz CT molecular complexity index is 1070. The summed E-state index contributed by atoms with van der Waals surface area (Å²) in [5.41, 5.74) is 4.07. The van der Waals surface area contributed by atoms with Gasteiger partial charge in [-0.25, -0.2) is 13.1 Å². The fourth-order valence-corrected chi connectivity index (χ4v) is 5.34. The highest BCUT2D eigenvalue weighted by atomic mass is 32.2. The first-order valence-corrected chi connectivity index (χ1v) is 11.2. The van der Waals surface area contributed by atoms with Crippen LogP contribution in [-0.4, -0.2) is 31.3 Å². The quantitative estimate of drug-likeness (QED) is 0.686. The summed E-state index contributed by atoms with van der Waals surface area (Å²) < 4.78 is 35.2. The number of fused-ring (bicyclic) bond motifs is 1. The number of thiophene rings is 1. The molecule has 2 aromatic heterocycles. The lowest BCUT2D eigenvalue weighted by molar-refractivity contribution is 0.356. The van der Waals surface area contributed by atoms with Crippen molar-refractivity contribution >= 4 is 21.4 Å². The number of aromatic nitrogens is 2. The van der Waals surface area contributed by atoms with E-state index < -0.39 is 10.0 Å². The average Bonchev–Trinajstić information content (AvgIpc) is 3.35. The maximum absolute atomic E-state index is 12.6. The highest BCUT2D eigenvalue weighted by molar-refractivity contribution is 7.89. The molecule has 0 unspecified atom stereocenters. The number of aryl methyl sites for hydroxylation is 1. The Kier molecular flexibility index (Phi) is 4.79. The monoisotopic (exact) mass is 403 g/mol. The third kappa shape index (κ3) is 3.52. The molecule has 0 saturated carbocycles. The summed E-state index contributed by atoms with van der Waals surface area (Å²) in [5, 5.41) is 6.62. The normalized spacial score (nSPS) is 13.6. The predicted molar refractivity (Wildman–Crippen MR) is 106 cm³/mol. The maximum atomic E-state index is 12.6. The van der Waals surface area contributed by atoms with Gasteiger partial charge < -0.3 is 4.74 Å². The van der Waals surface area contributed by atoms with E-state index in [0.29, 0.717) is 13.2 Å². The predicted octanol–water partition coefficient (Wildman–Crippen LogP) is 3.14. The summed E-state index contributed by atoms with van der Waals surface area (Å²) in [4.78, 5) is 1.46. The zero-order valence-corrected chi connectivity index (χ0v) is 16.9. The summed E-state index contributed by atoms with van der Waals surface area (Å²) in [6.45, 7) is 5.36. The Labute approximate surface area is 162 Å². The molecule has 3 heterocycles. The van der Waals surface area contributed by atoms with Crippen molar-refractivity contribution in [1.29, 1.82) is 0 Å². The average molecular weight is 404 g/mol. The van der Waals surface area contributed by atoms with Crippen LogP contribution in [0, 0.1) is 13.8 Å². The van der Waals surface area contributed by atoms with Gasteiger partial charge in [0.05, 0.1) is 23.7 Å². The summed E-state index contributed by atoms with van der Waals surface area (Å²) in [7, 11) is -3.56. The number of sulfonamides is 1. The van der Waals surface area contributed by atoms with Gasteiger partial charge >= 0.3 is 0 Å². The van der Waals surface area contributed by atoms with E-state index in [1.54, 1.807) is 29.5 Å². The van der Waals surface area contributed by atoms with Gasteiger partial charge in [0.2, 0.25) is 10.0 Å². The number of nitrogens with one attached hydrogen (secondary N) is 1. The Balaban J connectivity index is 1.46. The van der Waals surface area contributed by atoms with Gasteiger partial charge in [-0.05, 0) is 49.1 Å². The van der Waals surface area contributed by atoms with Crippen molar-refractivity contribution in [2.75, 3.05) is 13.2 Å². The van der Waals surface area contributed by atoms with Crippen LogP contribution in [0.4, 0.5) is 0 Å². The molecular formula is C19H21N3O3S2. The smallest absolute Gasteiger partial charge is 0.240 e. The van der Waals surface area contributed by atoms with Crippen LogP contribution in [0.1, 0.15) is 17.0 Å². The van der Waals surface area contributed by atoms with Crippen LogP contribution >= 0.6 is 11.3 Å². The molecule has 0 fully saturated rings. The molecule has 0 amide bonds. The van der Waals surface area contributed by atoms with Gasteiger partial charge in [0, 0.05) is 29.1 Å². The summed E-state index contributed by atoms with van der Waals surface area (Å²) in [6.07, 6.45) is 0.746. The van der Waals surface area contributed by atoms with E-state index in [4.69, 9.17) is 4.74 Å². The van der Waals surface area contributed by atoms with Crippen molar-refractivity contribution in [3.8, 4) is 16.2 Å². The second kappa shape index (κ2) is 7.10. The van der Waals surface area contributed by atoms with Gasteiger partial charge in [-0.2, -0.15) is 5.10 Å². The zero-order valence-electron chi connectivity index (χ0n) is 15.2. The van der Waals surface area contributed by atoms with Gasteiger partial charge in [-0.1, -0.05) is 6.07 Å². The summed E-state index contributed by atoms with van der Waals surface area (Å²) >= 11 is 1.68. The fourth-order valence-electron chi connectivity index (χ4n) is 3.39. The molecule has 3 aromatic rings. The van der Waals surface area contributed by atoms with Crippen LogP contribution in [0.5, 0.6) is 5.75 Å². The highest BCUT2D eigenvalue weighted by Gasteiger charge is 2.19. The lowest BCUT2D eigenvalue weighted by Gasteiger charge is -2.09. The molecule has 0 radical (unpaired) electrons. The minimum Gasteiger partial charge on any atom is -0.493 e. The Morgan fingerprint density at radius 1 is 1.30 bits per heavy atom. The first kappa shape index (κ1) is 18.2. The van der Waals surface area contributed by atoms with E-state index in [1.807, 2.05) is 30.0 Å². The third-order valence-electron chi connectivity index (χ3n) is 4.74. The second-order valence-corrected chi connectivity index (χ2v) is 9.23. The van der Waals surface area contributed by atoms with Crippen molar-refractivity contribution in [3.05, 3.63) is 52.7 Å². The summed E-state index contributed by atoms with van der Waals surface area (Å²) in [6, 6.07) is 9.11. The molecule has 142 valence electrons. The fraction of sp³-hybridized carbons (Fsp3) is 0.316. The van der Waals surface area contributed by atoms with Crippen LogP contribution < -0.4 is 9.46 Å². The molecule has 1 aromatic carbocycles. The van der Waals surface area contributed by atoms with Crippen molar-refractivity contribution < 1.29 is 13.2 Å². The van der Waals surface area contributed by atoms with Crippen LogP contribution in [0.2, 0.25) is 0 Å². The molecule has 27 heavy (non-hydrogen) atoms. The number of hydrogen-bond acceptors (Lipinski definition) is 5. The lowest BCUT2D eigenvalue weighted by atomic mass is 10.1. The van der Waals surface area contributed by atoms with Crippen LogP contribution in [-0.2, 0) is 23.0 Å². The number of ether oxygens (including phenoxy) is 1. The van der Waals surface area contributed by atoms with E-state index in [9.17, 15) is 8.42 Å². The van der Waals surface area contributed by atoms with Crippen molar-refractivity contribution in [3.63, 3.8) is 0 Å². The molecule has 0 bridgehead atoms. The molecule has 0 atom stereocenters. The number of hydrogen-bond donors (Lipinski definition) is 1. The molecule has 4 rings (SSSR count). The van der Waals surface area contributed by atoms with Gasteiger partial charge in [-0.3, -0.25) is 4.68 Å². The topological polar surface area (TPSA) is 73.2 Å². The molecule has 0 saturated heterocycles. The molecule has 0 spiro atoms. The van der Waals surface area contributed by atoms with Crippen LogP contribution in [0.15, 0.2) is 40.6 Å².